The van der Waals surface area contributed by atoms with Gasteiger partial charge in [0, 0.05) is 26.1 Å². The summed E-state index contributed by atoms with van der Waals surface area (Å²) in [4.78, 5) is 33.3. The summed E-state index contributed by atoms with van der Waals surface area (Å²) in [5, 5.41) is 2.93. The molecule has 2 fully saturated rings. The van der Waals surface area contributed by atoms with Crippen LogP contribution in [-0.4, -0.2) is 59.6 Å². The van der Waals surface area contributed by atoms with E-state index in [-0.39, 0.29) is 29.9 Å². The van der Waals surface area contributed by atoms with E-state index in [1.165, 1.54) is 0 Å². The van der Waals surface area contributed by atoms with Gasteiger partial charge in [-0.05, 0) is 38.3 Å². The molecule has 2 aliphatic rings. The molecule has 0 bridgehead atoms. The highest BCUT2D eigenvalue weighted by atomic mass is 16.5. The molecule has 148 valence electrons. The fraction of sp³-hybridized carbons (Fsp3) is 0.650. The van der Waals surface area contributed by atoms with Gasteiger partial charge < -0.3 is 19.9 Å². The summed E-state index contributed by atoms with van der Waals surface area (Å²) >= 11 is 0. The molecule has 1 aromatic heterocycles. The van der Waals surface area contributed by atoms with E-state index in [0.29, 0.717) is 18.7 Å². The van der Waals surface area contributed by atoms with Gasteiger partial charge in [0.05, 0.1) is 24.1 Å². The third-order valence-corrected chi connectivity index (χ3v) is 5.10. The number of nitrogens with zero attached hydrogens (tertiary/aromatic N) is 3. The Morgan fingerprint density at radius 2 is 1.96 bits per heavy atom. The minimum Gasteiger partial charge on any atom is -0.372 e. The topological polar surface area (TPSA) is 74.8 Å². The number of aromatic nitrogens is 1. The van der Waals surface area contributed by atoms with Gasteiger partial charge in [0.15, 0.2) is 0 Å². The number of morpholine rings is 1. The molecule has 2 aliphatic heterocycles. The lowest BCUT2D eigenvalue weighted by Crippen LogP contribution is -2.48. The Hall–Kier alpha value is -2.15. The third kappa shape index (κ3) is 4.58. The lowest BCUT2D eigenvalue weighted by Gasteiger charge is -2.36. The molecule has 2 amide bonds. The molecule has 3 unspecified atom stereocenters. The quantitative estimate of drug-likeness (QED) is 0.856. The van der Waals surface area contributed by atoms with Gasteiger partial charge in [-0.1, -0.05) is 13.8 Å². The van der Waals surface area contributed by atoms with Crippen molar-refractivity contribution in [1.29, 1.82) is 0 Å². The summed E-state index contributed by atoms with van der Waals surface area (Å²) in [6, 6.07) is 3.35. The highest BCUT2D eigenvalue weighted by molar-refractivity contribution is 5.97. The maximum atomic E-state index is 12.8. The molecule has 2 saturated heterocycles. The summed E-state index contributed by atoms with van der Waals surface area (Å²) in [6.07, 6.45) is 3.37. The fourth-order valence-corrected chi connectivity index (χ4v) is 4.00. The Balaban J connectivity index is 1.66. The molecule has 7 nitrogen and oxygen atoms in total. The van der Waals surface area contributed by atoms with Gasteiger partial charge in [-0.15, -0.1) is 0 Å². The van der Waals surface area contributed by atoms with E-state index in [0.717, 1.165) is 25.3 Å². The Labute approximate surface area is 161 Å². The Kier molecular flexibility index (Phi) is 5.99. The van der Waals surface area contributed by atoms with Crippen LogP contribution in [-0.2, 0) is 14.3 Å². The zero-order chi connectivity index (χ0) is 19.6. The number of ether oxygens (including phenoxy) is 1. The largest absolute Gasteiger partial charge is 0.372 e. The molecule has 0 spiro atoms. The summed E-state index contributed by atoms with van der Waals surface area (Å²) in [5.74, 6) is 0.844. The number of likely N-dealkylation sites (tertiary alicyclic amines) is 1. The molecule has 1 aromatic rings. The van der Waals surface area contributed by atoms with E-state index in [1.54, 1.807) is 11.1 Å². The van der Waals surface area contributed by atoms with Crippen LogP contribution in [0.25, 0.3) is 0 Å². The smallest absolute Gasteiger partial charge is 0.247 e. The predicted molar refractivity (Wildman–Crippen MR) is 105 cm³/mol. The summed E-state index contributed by atoms with van der Waals surface area (Å²) in [5.41, 5.74) is 0.649. The number of carbonyl (C=O) groups excluding carboxylic acids is 2. The fourth-order valence-electron chi connectivity index (χ4n) is 4.00. The van der Waals surface area contributed by atoms with E-state index in [2.05, 4.69) is 29.0 Å². The minimum absolute atomic E-state index is 0.0515. The van der Waals surface area contributed by atoms with Crippen molar-refractivity contribution in [2.24, 2.45) is 5.92 Å². The van der Waals surface area contributed by atoms with Crippen molar-refractivity contribution < 1.29 is 14.3 Å². The molecule has 1 N–H and O–H groups in total. The average molecular weight is 374 g/mol. The van der Waals surface area contributed by atoms with Crippen molar-refractivity contribution in [1.82, 2.24) is 9.88 Å². The van der Waals surface area contributed by atoms with Crippen molar-refractivity contribution >= 4 is 23.3 Å². The summed E-state index contributed by atoms with van der Waals surface area (Å²) in [7, 11) is 0. The summed E-state index contributed by atoms with van der Waals surface area (Å²) < 4.78 is 5.76. The Bertz CT molecular complexity index is 666. The molecule has 0 aromatic carbocycles. The van der Waals surface area contributed by atoms with Gasteiger partial charge in [-0.3, -0.25) is 9.59 Å². The van der Waals surface area contributed by atoms with Crippen LogP contribution in [0, 0.1) is 5.92 Å². The second-order valence-electron chi connectivity index (χ2n) is 7.94. The van der Waals surface area contributed by atoms with Gasteiger partial charge in [0.25, 0.3) is 0 Å². The summed E-state index contributed by atoms with van der Waals surface area (Å²) in [6.45, 7) is 10.3. The number of rotatable bonds is 5. The van der Waals surface area contributed by atoms with Crippen LogP contribution in [0.5, 0.6) is 0 Å². The van der Waals surface area contributed by atoms with Crippen molar-refractivity contribution in [3.8, 4) is 0 Å². The van der Waals surface area contributed by atoms with Crippen molar-refractivity contribution in [3.63, 3.8) is 0 Å². The number of carbonyl (C=O) groups is 2. The second-order valence-corrected chi connectivity index (χ2v) is 7.94. The SMILES string of the molecule is CC1CN(c2ccc(NC(=O)C(C(C)C)N3CCCC3=O)cn2)CC(C)O1. The molecule has 3 heterocycles. The number of hydrogen-bond donors (Lipinski definition) is 1. The van der Waals surface area contributed by atoms with Crippen molar-refractivity contribution in [2.45, 2.75) is 58.8 Å². The molecule has 3 rings (SSSR count). The van der Waals surface area contributed by atoms with Gasteiger partial charge in [0.1, 0.15) is 11.9 Å². The van der Waals surface area contributed by atoms with E-state index in [9.17, 15) is 9.59 Å². The molecular formula is C20H30N4O3. The van der Waals surface area contributed by atoms with Crippen molar-refractivity contribution in [2.75, 3.05) is 29.9 Å². The number of amides is 2. The molecule has 0 aliphatic carbocycles. The van der Waals surface area contributed by atoms with Crippen LogP contribution < -0.4 is 10.2 Å². The highest BCUT2D eigenvalue weighted by Crippen LogP contribution is 2.22. The molecule has 0 saturated carbocycles. The Morgan fingerprint density at radius 3 is 2.48 bits per heavy atom. The van der Waals surface area contributed by atoms with E-state index in [1.807, 2.05) is 26.0 Å². The second kappa shape index (κ2) is 8.25. The molecule has 27 heavy (non-hydrogen) atoms. The number of nitrogens with one attached hydrogen (secondary N) is 1. The first-order valence-electron chi connectivity index (χ1n) is 9.82. The van der Waals surface area contributed by atoms with Crippen LogP contribution in [0.3, 0.4) is 0 Å². The molecule has 7 heteroatoms. The first-order chi connectivity index (χ1) is 12.8. The maximum Gasteiger partial charge on any atom is 0.247 e. The monoisotopic (exact) mass is 374 g/mol. The van der Waals surface area contributed by atoms with E-state index >= 15 is 0 Å². The van der Waals surface area contributed by atoms with Crippen LogP contribution in [0.1, 0.15) is 40.5 Å². The number of hydrogen-bond acceptors (Lipinski definition) is 5. The standard InChI is InChI=1S/C20H30N4O3/c1-13(2)19(24-9-5-6-18(24)25)20(26)22-16-7-8-17(21-10-16)23-11-14(3)27-15(4)12-23/h7-8,10,13-15,19H,5-6,9,11-12H2,1-4H3,(H,22,26). The molecule has 3 atom stereocenters. The maximum absolute atomic E-state index is 12.8. The van der Waals surface area contributed by atoms with Crippen LogP contribution in [0.2, 0.25) is 0 Å². The van der Waals surface area contributed by atoms with Crippen LogP contribution in [0.15, 0.2) is 18.3 Å². The van der Waals surface area contributed by atoms with Crippen LogP contribution >= 0.6 is 0 Å². The van der Waals surface area contributed by atoms with Crippen LogP contribution in [0.4, 0.5) is 11.5 Å². The lowest BCUT2D eigenvalue weighted by molar-refractivity contribution is -0.136. The van der Waals surface area contributed by atoms with E-state index < -0.39 is 6.04 Å². The minimum atomic E-state index is -0.444. The highest BCUT2D eigenvalue weighted by Gasteiger charge is 2.35. The van der Waals surface area contributed by atoms with E-state index in [4.69, 9.17) is 4.74 Å². The first-order valence-corrected chi connectivity index (χ1v) is 9.82. The predicted octanol–water partition coefficient (Wildman–Crippen LogP) is 2.28. The van der Waals surface area contributed by atoms with Gasteiger partial charge in [-0.2, -0.15) is 0 Å². The lowest BCUT2D eigenvalue weighted by atomic mass is 10.0. The van der Waals surface area contributed by atoms with Crippen molar-refractivity contribution in [3.05, 3.63) is 18.3 Å². The van der Waals surface area contributed by atoms with Gasteiger partial charge in [0.2, 0.25) is 11.8 Å². The number of pyridine rings is 1. The zero-order valence-corrected chi connectivity index (χ0v) is 16.6. The third-order valence-electron chi connectivity index (χ3n) is 5.10. The normalized spacial score (nSPS) is 24.4. The molecular weight excluding hydrogens is 344 g/mol. The first kappa shape index (κ1) is 19.6. The average Bonchev–Trinajstić information content (AvgIpc) is 3.00. The zero-order valence-electron chi connectivity index (χ0n) is 16.6. The number of anilines is 2. The van der Waals surface area contributed by atoms with Gasteiger partial charge >= 0.3 is 0 Å². The Morgan fingerprint density at radius 1 is 1.26 bits per heavy atom. The van der Waals surface area contributed by atoms with Gasteiger partial charge in [-0.25, -0.2) is 4.98 Å². The molecule has 0 radical (unpaired) electrons.